The molecule has 0 amide bonds. The van der Waals surface area contributed by atoms with E-state index in [4.69, 9.17) is 10.5 Å². The molecular weight excluding hydrogens is 200 g/mol. The highest BCUT2D eigenvalue weighted by molar-refractivity contribution is 5.32. The highest BCUT2D eigenvalue weighted by Gasteiger charge is 2.04. The normalized spacial score (nSPS) is 11.1. The number of hydrogen-bond donors (Lipinski definition) is 1. The third-order valence-electron chi connectivity index (χ3n) is 2.78. The van der Waals surface area contributed by atoms with E-state index in [0.29, 0.717) is 19.2 Å². The van der Waals surface area contributed by atoms with Crippen LogP contribution in [0.2, 0.25) is 0 Å². The van der Waals surface area contributed by atoms with Crippen LogP contribution in [0.5, 0.6) is 5.75 Å². The number of benzene rings is 1. The molecule has 0 saturated heterocycles. The number of hydrogen-bond acceptors (Lipinski definition) is 3. The van der Waals surface area contributed by atoms with Gasteiger partial charge in [0.1, 0.15) is 12.4 Å². The molecule has 0 aliphatic rings. The summed E-state index contributed by atoms with van der Waals surface area (Å²) in [5.74, 6) is 0.905. The highest BCUT2D eigenvalue weighted by Crippen LogP contribution is 2.16. The fourth-order valence-corrected chi connectivity index (χ4v) is 1.37. The zero-order chi connectivity index (χ0) is 12.0. The van der Waals surface area contributed by atoms with Crippen molar-refractivity contribution in [3.05, 3.63) is 29.8 Å². The summed E-state index contributed by atoms with van der Waals surface area (Å²) in [4.78, 5) is 2.26. The van der Waals surface area contributed by atoms with Crippen LogP contribution in [-0.4, -0.2) is 31.1 Å². The molecule has 0 atom stereocenters. The molecule has 0 fully saturated rings. The fourth-order valence-electron chi connectivity index (χ4n) is 1.37. The van der Waals surface area contributed by atoms with Gasteiger partial charge in [-0.05, 0) is 27.0 Å². The molecule has 90 valence electrons. The van der Waals surface area contributed by atoms with Gasteiger partial charge in [0.05, 0.1) is 0 Å². The lowest BCUT2D eigenvalue weighted by Crippen LogP contribution is -2.30. The van der Waals surface area contributed by atoms with E-state index < -0.39 is 0 Å². The molecule has 3 nitrogen and oxygen atoms in total. The van der Waals surface area contributed by atoms with Gasteiger partial charge in [-0.1, -0.05) is 18.2 Å². The van der Waals surface area contributed by atoms with Crippen molar-refractivity contribution in [2.75, 3.05) is 20.2 Å². The summed E-state index contributed by atoms with van der Waals surface area (Å²) in [5.41, 5.74) is 6.70. The van der Waals surface area contributed by atoms with Crippen molar-refractivity contribution < 1.29 is 4.74 Å². The molecule has 0 bridgehead atoms. The zero-order valence-corrected chi connectivity index (χ0v) is 10.4. The lowest BCUT2D eigenvalue weighted by atomic mass is 10.2. The SMILES string of the molecule is CC(C)N(C)CCOc1ccccc1CN. The van der Waals surface area contributed by atoms with E-state index in [-0.39, 0.29) is 0 Å². The number of nitrogens with zero attached hydrogens (tertiary/aromatic N) is 1. The Balaban J connectivity index is 2.42. The summed E-state index contributed by atoms with van der Waals surface area (Å²) in [5, 5.41) is 0. The molecule has 0 aliphatic heterocycles. The van der Waals surface area contributed by atoms with Gasteiger partial charge in [0.2, 0.25) is 0 Å². The van der Waals surface area contributed by atoms with Crippen LogP contribution >= 0.6 is 0 Å². The summed E-state index contributed by atoms with van der Waals surface area (Å²) in [7, 11) is 2.10. The van der Waals surface area contributed by atoms with Gasteiger partial charge in [0.25, 0.3) is 0 Å². The second-order valence-corrected chi connectivity index (χ2v) is 4.23. The first kappa shape index (κ1) is 13.0. The highest BCUT2D eigenvalue weighted by atomic mass is 16.5. The minimum absolute atomic E-state index is 0.524. The summed E-state index contributed by atoms with van der Waals surface area (Å²) in [6.07, 6.45) is 0. The van der Waals surface area contributed by atoms with Crippen LogP contribution in [0.25, 0.3) is 0 Å². The molecular formula is C13H22N2O. The predicted octanol–water partition coefficient (Wildman–Crippen LogP) is 1.86. The standard InChI is InChI=1S/C13H22N2O/c1-11(2)15(3)8-9-16-13-7-5-4-6-12(13)10-14/h4-7,11H,8-10,14H2,1-3H3. The molecule has 1 aromatic carbocycles. The Bertz CT molecular complexity index is 313. The van der Waals surface area contributed by atoms with Gasteiger partial charge in [0, 0.05) is 24.7 Å². The average molecular weight is 222 g/mol. The molecule has 0 aliphatic carbocycles. The van der Waals surface area contributed by atoms with E-state index in [1.165, 1.54) is 0 Å². The Hall–Kier alpha value is -1.06. The first-order valence-electron chi connectivity index (χ1n) is 5.76. The quantitative estimate of drug-likeness (QED) is 0.798. The topological polar surface area (TPSA) is 38.5 Å². The van der Waals surface area contributed by atoms with Crippen molar-refractivity contribution in [1.82, 2.24) is 4.90 Å². The molecule has 16 heavy (non-hydrogen) atoms. The second-order valence-electron chi connectivity index (χ2n) is 4.23. The van der Waals surface area contributed by atoms with Crippen LogP contribution < -0.4 is 10.5 Å². The molecule has 0 unspecified atom stereocenters. The predicted molar refractivity (Wildman–Crippen MR) is 67.6 cm³/mol. The Morgan fingerprint density at radius 1 is 1.31 bits per heavy atom. The second kappa shape index (κ2) is 6.51. The summed E-state index contributed by atoms with van der Waals surface area (Å²) < 4.78 is 5.73. The van der Waals surface area contributed by atoms with E-state index in [1.807, 2.05) is 24.3 Å². The van der Waals surface area contributed by atoms with E-state index in [1.54, 1.807) is 0 Å². The van der Waals surface area contributed by atoms with Crippen molar-refractivity contribution in [2.24, 2.45) is 5.73 Å². The van der Waals surface area contributed by atoms with Crippen molar-refractivity contribution in [2.45, 2.75) is 26.4 Å². The van der Waals surface area contributed by atoms with Crippen LogP contribution in [0.15, 0.2) is 24.3 Å². The minimum Gasteiger partial charge on any atom is -0.492 e. The molecule has 2 N–H and O–H groups in total. The van der Waals surface area contributed by atoms with Crippen LogP contribution in [0.3, 0.4) is 0 Å². The van der Waals surface area contributed by atoms with E-state index in [0.717, 1.165) is 17.9 Å². The third kappa shape index (κ3) is 3.83. The Morgan fingerprint density at radius 3 is 2.62 bits per heavy atom. The molecule has 0 saturated carbocycles. The number of ether oxygens (including phenoxy) is 1. The van der Waals surface area contributed by atoms with Gasteiger partial charge < -0.3 is 15.4 Å². The number of rotatable bonds is 6. The number of para-hydroxylation sites is 1. The third-order valence-corrected chi connectivity index (χ3v) is 2.78. The van der Waals surface area contributed by atoms with Gasteiger partial charge in [-0.15, -0.1) is 0 Å². The van der Waals surface area contributed by atoms with Gasteiger partial charge in [-0.2, -0.15) is 0 Å². The first-order valence-corrected chi connectivity index (χ1v) is 5.76. The van der Waals surface area contributed by atoms with Crippen LogP contribution in [0.4, 0.5) is 0 Å². The van der Waals surface area contributed by atoms with Crippen molar-refractivity contribution in [3.63, 3.8) is 0 Å². The Morgan fingerprint density at radius 2 is 2.00 bits per heavy atom. The monoisotopic (exact) mass is 222 g/mol. The molecule has 0 radical (unpaired) electrons. The van der Waals surface area contributed by atoms with Crippen molar-refractivity contribution in [1.29, 1.82) is 0 Å². The first-order chi connectivity index (χ1) is 7.65. The van der Waals surface area contributed by atoms with E-state index in [2.05, 4.69) is 25.8 Å². The van der Waals surface area contributed by atoms with Crippen LogP contribution in [0, 0.1) is 0 Å². The number of likely N-dealkylation sites (N-methyl/N-ethyl adjacent to an activating group) is 1. The lowest BCUT2D eigenvalue weighted by molar-refractivity contribution is 0.207. The average Bonchev–Trinajstić information content (AvgIpc) is 2.29. The molecule has 0 aromatic heterocycles. The maximum absolute atomic E-state index is 5.73. The van der Waals surface area contributed by atoms with Gasteiger partial charge in [-0.25, -0.2) is 0 Å². The van der Waals surface area contributed by atoms with Gasteiger partial charge in [-0.3, -0.25) is 0 Å². The zero-order valence-electron chi connectivity index (χ0n) is 10.4. The van der Waals surface area contributed by atoms with Crippen molar-refractivity contribution in [3.8, 4) is 5.75 Å². The van der Waals surface area contributed by atoms with Crippen LogP contribution in [0.1, 0.15) is 19.4 Å². The van der Waals surface area contributed by atoms with E-state index in [9.17, 15) is 0 Å². The molecule has 3 heteroatoms. The molecule has 0 heterocycles. The Kier molecular flexibility index (Phi) is 5.29. The van der Waals surface area contributed by atoms with Gasteiger partial charge in [0.15, 0.2) is 0 Å². The fraction of sp³-hybridized carbons (Fsp3) is 0.538. The molecule has 1 aromatic rings. The van der Waals surface area contributed by atoms with Crippen LogP contribution in [-0.2, 0) is 6.54 Å². The molecule has 0 spiro atoms. The minimum atomic E-state index is 0.524. The molecule has 1 rings (SSSR count). The maximum Gasteiger partial charge on any atom is 0.123 e. The maximum atomic E-state index is 5.73. The Labute approximate surface area is 98.2 Å². The largest absolute Gasteiger partial charge is 0.492 e. The summed E-state index contributed by atoms with van der Waals surface area (Å²) in [6.45, 7) is 6.50. The summed E-state index contributed by atoms with van der Waals surface area (Å²) in [6, 6.07) is 8.48. The number of nitrogens with two attached hydrogens (primary N) is 1. The summed E-state index contributed by atoms with van der Waals surface area (Å²) >= 11 is 0. The van der Waals surface area contributed by atoms with Gasteiger partial charge >= 0.3 is 0 Å². The van der Waals surface area contributed by atoms with E-state index >= 15 is 0 Å². The lowest BCUT2D eigenvalue weighted by Gasteiger charge is -2.21. The smallest absolute Gasteiger partial charge is 0.123 e. The van der Waals surface area contributed by atoms with Crippen molar-refractivity contribution >= 4 is 0 Å².